The van der Waals surface area contributed by atoms with Crippen LogP contribution in [0, 0.1) is 0 Å². The van der Waals surface area contributed by atoms with E-state index in [0.29, 0.717) is 23.1 Å². The molecule has 0 amide bonds. The van der Waals surface area contributed by atoms with Crippen LogP contribution in [0.5, 0.6) is 0 Å². The Morgan fingerprint density at radius 1 is 1.42 bits per heavy atom. The molecule has 1 aromatic carbocycles. The summed E-state index contributed by atoms with van der Waals surface area (Å²) in [6.07, 6.45) is 0. The van der Waals surface area contributed by atoms with Gasteiger partial charge in [-0.3, -0.25) is 9.59 Å². The minimum absolute atomic E-state index is 0.295. The molecule has 0 bridgehead atoms. The molecule has 1 atom stereocenters. The van der Waals surface area contributed by atoms with E-state index >= 15 is 0 Å². The van der Waals surface area contributed by atoms with E-state index in [0.717, 1.165) is 4.79 Å². The average Bonchev–Trinajstić information content (AvgIpc) is 2.42. The zero-order valence-corrected chi connectivity index (χ0v) is 10.8. The second-order valence-electron chi connectivity index (χ2n) is 4.15. The van der Waals surface area contributed by atoms with Gasteiger partial charge in [-0.2, -0.15) is 5.10 Å². The van der Waals surface area contributed by atoms with Gasteiger partial charge in [0.25, 0.3) is 5.56 Å². The lowest BCUT2D eigenvalue weighted by Crippen LogP contribution is -2.32. The van der Waals surface area contributed by atoms with Crippen molar-refractivity contribution in [3.8, 4) is 0 Å². The SMILES string of the molecule is CCOC(=O)C(C)c1nn(N)c(=O)c2ccccc12. The number of nitrogen functional groups attached to an aromatic ring is 1. The van der Waals surface area contributed by atoms with Crippen molar-refractivity contribution < 1.29 is 9.53 Å². The molecule has 2 aromatic rings. The molecule has 0 fully saturated rings. The summed E-state index contributed by atoms with van der Waals surface area (Å²) in [5.74, 6) is 4.57. The zero-order valence-electron chi connectivity index (χ0n) is 10.8. The van der Waals surface area contributed by atoms with Gasteiger partial charge in [0.2, 0.25) is 0 Å². The van der Waals surface area contributed by atoms with Crippen LogP contribution in [0.1, 0.15) is 25.5 Å². The second-order valence-corrected chi connectivity index (χ2v) is 4.15. The number of carbonyl (C=O) groups is 1. The van der Waals surface area contributed by atoms with E-state index in [1.807, 2.05) is 0 Å². The summed E-state index contributed by atoms with van der Waals surface area (Å²) < 4.78 is 4.97. The van der Waals surface area contributed by atoms with Crippen molar-refractivity contribution in [1.29, 1.82) is 0 Å². The van der Waals surface area contributed by atoms with Crippen LogP contribution in [-0.2, 0) is 9.53 Å². The molecule has 0 radical (unpaired) electrons. The van der Waals surface area contributed by atoms with Crippen molar-refractivity contribution in [2.75, 3.05) is 12.4 Å². The van der Waals surface area contributed by atoms with Gasteiger partial charge in [0.15, 0.2) is 0 Å². The van der Waals surface area contributed by atoms with Crippen LogP contribution in [0.2, 0.25) is 0 Å². The standard InChI is InChI=1S/C13H15N3O3/c1-3-19-13(18)8(2)11-9-6-4-5-7-10(9)12(17)16(14)15-11/h4-8H,3,14H2,1-2H3. The van der Waals surface area contributed by atoms with E-state index in [1.165, 1.54) is 0 Å². The van der Waals surface area contributed by atoms with E-state index < -0.39 is 11.5 Å². The van der Waals surface area contributed by atoms with Gasteiger partial charge in [0, 0.05) is 5.39 Å². The van der Waals surface area contributed by atoms with Crippen molar-refractivity contribution in [2.24, 2.45) is 0 Å². The molecule has 100 valence electrons. The second kappa shape index (κ2) is 5.09. The summed E-state index contributed by atoms with van der Waals surface area (Å²) in [5.41, 5.74) is 0.0477. The van der Waals surface area contributed by atoms with E-state index in [4.69, 9.17) is 10.6 Å². The number of fused-ring (bicyclic) bond motifs is 1. The molecule has 0 spiro atoms. The molecule has 1 heterocycles. The van der Waals surface area contributed by atoms with Gasteiger partial charge in [-0.05, 0) is 19.9 Å². The first-order valence-electron chi connectivity index (χ1n) is 6.00. The van der Waals surface area contributed by atoms with Crippen LogP contribution in [0.25, 0.3) is 10.8 Å². The Morgan fingerprint density at radius 3 is 2.68 bits per heavy atom. The number of nitrogens with zero attached hydrogens (tertiary/aromatic N) is 2. The Bertz CT molecular complexity index is 678. The fourth-order valence-corrected chi connectivity index (χ4v) is 1.93. The lowest BCUT2D eigenvalue weighted by Gasteiger charge is -2.13. The van der Waals surface area contributed by atoms with Gasteiger partial charge in [0.05, 0.1) is 23.6 Å². The molecule has 0 aliphatic heterocycles. The first kappa shape index (κ1) is 13.1. The van der Waals surface area contributed by atoms with Crippen molar-refractivity contribution in [3.63, 3.8) is 0 Å². The van der Waals surface area contributed by atoms with Crippen LogP contribution in [0.4, 0.5) is 0 Å². The number of rotatable bonds is 3. The maximum Gasteiger partial charge on any atom is 0.314 e. The lowest BCUT2D eigenvalue weighted by atomic mass is 10.0. The molecule has 2 rings (SSSR count). The summed E-state index contributed by atoms with van der Waals surface area (Å²) in [5, 5.41) is 5.04. The largest absolute Gasteiger partial charge is 0.465 e. The summed E-state index contributed by atoms with van der Waals surface area (Å²) >= 11 is 0. The van der Waals surface area contributed by atoms with Gasteiger partial charge in [-0.25, -0.2) is 0 Å². The van der Waals surface area contributed by atoms with Crippen molar-refractivity contribution in [1.82, 2.24) is 9.89 Å². The number of hydrogen-bond acceptors (Lipinski definition) is 5. The molecule has 0 aliphatic rings. The third-order valence-electron chi connectivity index (χ3n) is 2.91. The number of nitrogens with two attached hydrogens (primary N) is 1. The van der Waals surface area contributed by atoms with Crippen molar-refractivity contribution in [2.45, 2.75) is 19.8 Å². The third kappa shape index (κ3) is 2.29. The van der Waals surface area contributed by atoms with Crippen LogP contribution >= 0.6 is 0 Å². The molecule has 6 nitrogen and oxygen atoms in total. The van der Waals surface area contributed by atoms with Gasteiger partial charge >= 0.3 is 5.97 Å². The number of ether oxygens (including phenoxy) is 1. The number of carbonyl (C=O) groups excluding carboxylic acids is 1. The van der Waals surface area contributed by atoms with Crippen molar-refractivity contribution in [3.05, 3.63) is 40.3 Å². The number of benzene rings is 1. The molecular formula is C13H15N3O3. The molecule has 1 unspecified atom stereocenters. The van der Waals surface area contributed by atoms with Crippen LogP contribution in [-0.4, -0.2) is 22.5 Å². The highest BCUT2D eigenvalue weighted by Crippen LogP contribution is 2.22. The normalized spacial score (nSPS) is 12.3. The minimum Gasteiger partial charge on any atom is -0.465 e. The molecular weight excluding hydrogens is 246 g/mol. The van der Waals surface area contributed by atoms with Crippen molar-refractivity contribution >= 4 is 16.7 Å². The maximum absolute atomic E-state index is 11.9. The highest BCUT2D eigenvalue weighted by molar-refractivity contribution is 5.89. The van der Waals surface area contributed by atoms with E-state index in [-0.39, 0.29) is 5.97 Å². The maximum atomic E-state index is 11.9. The third-order valence-corrected chi connectivity index (χ3v) is 2.91. The van der Waals surface area contributed by atoms with Crippen LogP contribution in [0.3, 0.4) is 0 Å². The van der Waals surface area contributed by atoms with E-state index in [9.17, 15) is 9.59 Å². The smallest absolute Gasteiger partial charge is 0.314 e. The summed E-state index contributed by atoms with van der Waals surface area (Å²) in [4.78, 5) is 24.4. The molecule has 1 aromatic heterocycles. The Labute approximate surface area is 109 Å². The molecule has 19 heavy (non-hydrogen) atoms. The highest BCUT2D eigenvalue weighted by Gasteiger charge is 2.22. The Hall–Kier alpha value is -2.37. The predicted molar refractivity (Wildman–Crippen MR) is 71.2 cm³/mol. The van der Waals surface area contributed by atoms with Gasteiger partial charge in [-0.15, -0.1) is 4.79 Å². The summed E-state index contributed by atoms with van der Waals surface area (Å²) in [6.45, 7) is 3.71. The topological polar surface area (TPSA) is 87.2 Å². The average molecular weight is 261 g/mol. The molecule has 0 saturated carbocycles. The predicted octanol–water partition coefficient (Wildman–Crippen LogP) is 0.777. The van der Waals surface area contributed by atoms with Gasteiger partial charge < -0.3 is 10.6 Å². The van der Waals surface area contributed by atoms with Crippen LogP contribution in [0.15, 0.2) is 29.1 Å². The Kier molecular flexibility index (Phi) is 3.50. The fraction of sp³-hybridized carbons (Fsp3) is 0.308. The van der Waals surface area contributed by atoms with E-state index in [1.54, 1.807) is 38.1 Å². The first-order valence-corrected chi connectivity index (χ1v) is 6.00. The molecule has 0 aliphatic carbocycles. The quantitative estimate of drug-likeness (QED) is 0.651. The van der Waals surface area contributed by atoms with Crippen LogP contribution < -0.4 is 11.4 Å². The van der Waals surface area contributed by atoms with Gasteiger partial charge in [-0.1, -0.05) is 18.2 Å². The highest BCUT2D eigenvalue weighted by atomic mass is 16.5. The van der Waals surface area contributed by atoms with E-state index in [2.05, 4.69) is 5.10 Å². The minimum atomic E-state index is -0.583. The molecule has 0 saturated heterocycles. The first-order chi connectivity index (χ1) is 9.06. The van der Waals surface area contributed by atoms with Gasteiger partial charge in [0.1, 0.15) is 0 Å². The summed E-state index contributed by atoms with van der Waals surface area (Å²) in [6, 6.07) is 6.92. The zero-order chi connectivity index (χ0) is 14.0. The Balaban J connectivity index is 2.64. The lowest BCUT2D eigenvalue weighted by molar-refractivity contribution is -0.144. The molecule has 6 heteroatoms. The number of hydrogen-bond donors (Lipinski definition) is 1. The molecule has 2 N–H and O–H groups in total. The number of esters is 1. The Morgan fingerprint density at radius 2 is 2.05 bits per heavy atom. The monoisotopic (exact) mass is 261 g/mol. The fourth-order valence-electron chi connectivity index (χ4n) is 1.93. The summed E-state index contributed by atoms with van der Waals surface area (Å²) in [7, 11) is 0. The number of aromatic nitrogens is 2.